The first-order chi connectivity index (χ1) is 4.20. The van der Waals surface area contributed by atoms with E-state index >= 15 is 0 Å². The van der Waals surface area contributed by atoms with Crippen molar-refractivity contribution in [3.63, 3.8) is 0 Å². The van der Waals surface area contributed by atoms with Crippen molar-refractivity contribution in [1.29, 1.82) is 0 Å². The molecule has 0 bridgehead atoms. The van der Waals surface area contributed by atoms with Gasteiger partial charge in [0.1, 0.15) is 0 Å². The highest BCUT2D eigenvalue weighted by Gasteiger charge is 2.25. The third-order valence-corrected chi connectivity index (χ3v) is 2.04. The van der Waals surface area contributed by atoms with Crippen LogP contribution in [0.3, 0.4) is 0 Å². The molecule has 0 aliphatic carbocycles. The van der Waals surface area contributed by atoms with Crippen molar-refractivity contribution in [2.45, 2.75) is 6.42 Å². The van der Waals surface area contributed by atoms with E-state index < -0.39 is 5.97 Å². The number of hydrogen-bond donors (Lipinski definition) is 1. The highest BCUT2D eigenvalue weighted by Crippen LogP contribution is 2.18. The van der Waals surface area contributed by atoms with Crippen LogP contribution in [0.25, 0.3) is 0 Å². The van der Waals surface area contributed by atoms with Crippen molar-refractivity contribution < 1.29 is 9.90 Å². The fourth-order valence-corrected chi connectivity index (χ4v) is 1.39. The van der Waals surface area contributed by atoms with Crippen molar-refractivity contribution in [1.82, 2.24) is 4.67 Å². The molecule has 3 nitrogen and oxygen atoms in total. The molecular formula is C5H10NO2P. The minimum absolute atomic E-state index is 0.137. The fourth-order valence-electron chi connectivity index (χ4n) is 0.989. The summed E-state index contributed by atoms with van der Waals surface area (Å²) in [5.74, 6) is -0.803. The Kier molecular flexibility index (Phi) is 2.04. The van der Waals surface area contributed by atoms with E-state index in [2.05, 4.69) is 9.39 Å². The minimum atomic E-state index is -0.667. The quantitative estimate of drug-likeness (QED) is 0.538. The molecular weight excluding hydrogens is 137 g/mol. The van der Waals surface area contributed by atoms with Gasteiger partial charge in [-0.3, -0.25) is 9.46 Å². The molecule has 1 aliphatic rings. The zero-order valence-corrected chi connectivity index (χ0v) is 6.23. The normalized spacial score (nSPS) is 28.8. The number of carboxylic acids is 1. The summed E-state index contributed by atoms with van der Waals surface area (Å²) < 4.78 is 1.96. The third-order valence-electron chi connectivity index (χ3n) is 1.57. The highest BCUT2D eigenvalue weighted by atomic mass is 31.0. The van der Waals surface area contributed by atoms with Crippen molar-refractivity contribution in [3.8, 4) is 0 Å². The van der Waals surface area contributed by atoms with Gasteiger partial charge in [0, 0.05) is 13.1 Å². The molecule has 1 heterocycles. The molecule has 2 atom stereocenters. The van der Waals surface area contributed by atoms with E-state index in [1.807, 2.05) is 4.67 Å². The molecule has 0 aromatic heterocycles. The average molecular weight is 147 g/mol. The Labute approximate surface area is 56.3 Å². The molecule has 0 aromatic rings. The van der Waals surface area contributed by atoms with E-state index in [-0.39, 0.29) is 5.92 Å². The predicted molar refractivity (Wildman–Crippen MR) is 37.0 cm³/mol. The maximum atomic E-state index is 10.3. The van der Waals surface area contributed by atoms with Gasteiger partial charge in [-0.2, -0.15) is 0 Å². The van der Waals surface area contributed by atoms with Crippen LogP contribution >= 0.6 is 9.39 Å². The number of carbonyl (C=O) groups is 1. The molecule has 1 rings (SSSR count). The van der Waals surface area contributed by atoms with Crippen molar-refractivity contribution >= 4 is 15.4 Å². The second-order valence-electron chi connectivity index (χ2n) is 2.32. The summed E-state index contributed by atoms with van der Waals surface area (Å²) in [7, 11) is 2.51. The fraction of sp³-hybridized carbons (Fsp3) is 0.800. The molecule has 0 aromatic carbocycles. The van der Waals surface area contributed by atoms with Gasteiger partial charge in [-0.15, -0.1) is 0 Å². The molecule has 52 valence electrons. The Balaban J connectivity index is 2.39. The molecule has 0 spiro atoms. The van der Waals surface area contributed by atoms with E-state index in [4.69, 9.17) is 5.11 Å². The Bertz CT molecular complexity index is 128. The van der Waals surface area contributed by atoms with Gasteiger partial charge in [0.2, 0.25) is 0 Å². The van der Waals surface area contributed by atoms with Crippen LogP contribution < -0.4 is 0 Å². The van der Waals surface area contributed by atoms with Crippen LogP contribution in [0.2, 0.25) is 0 Å². The van der Waals surface area contributed by atoms with Crippen LogP contribution in [0, 0.1) is 5.92 Å². The number of hydrogen-bond acceptors (Lipinski definition) is 2. The molecule has 1 fully saturated rings. The SMILES string of the molecule is O=C(O)[C@H]1CCN(P)C1. The van der Waals surface area contributed by atoms with E-state index in [0.717, 1.165) is 13.0 Å². The molecule has 1 aliphatic heterocycles. The molecule has 4 heteroatoms. The second-order valence-corrected chi connectivity index (χ2v) is 3.05. The van der Waals surface area contributed by atoms with E-state index in [0.29, 0.717) is 6.54 Å². The highest BCUT2D eigenvalue weighted by molar-refractivity contribution is 7.13. The van der Waals surface area contributed by atoms with Gasteiger partial charge in [0.15, 0.2) is 0 Å². The first-order valence-corrected chi connectivity index (χ1v) is 3.44. The number of carboxylic acid groups (broad SMARTS) is 1. The maximum Gasteiger partial charge on any atom is 0.307 e. The summed E-state index contributed by atoms with van der Waals surface area (Å²) in [6.07, 6.45) is 0.791. The molecule has 1 unspecified atom stereocenters. The van der Waals surface area contributed by atoms with Crippen LogP contribution in [-0.4, -0.2) is 28.8 Å². The van der Waals surface area contributed by atoms with Crippen LogP contribution in [0.1, 0.15) is 6.42 Å². The van der Waals surface area contributed by atoms with Gasteiger partial charge < -0.3 is 5.11 Å². The Morgan fingerprint density at radius 2 is 2.44 bits per heavy atom. The maximum absolute atomic E-state index is 10.3. The lowest BCUT2D eigenvalue weighted by Gasteiger charge is -2.04. The summed E-state index contributed by atoms with van der Waals surface area (Å²) in [5.41, 5.74) is 0. The van der Waals surface area contributed by atoms with Crippen LogP contribution in [0.15, 0.2) is 0 Å². The summed E-state index contributed by atoms with van der Waals surface area (Å²) in [6.45, 7) is 1.57. The monoisotopic (exact) mass is 147 g/mol. The van der Waals surface area contributed by atoms with Crippen LogP contribution in [0.5, 0.6) is 0 Å². The van der Waals surface area contributed by atoms with Crippen molar-refractivity contribution in [2.24, 2.45) is 5.92 Å². The van der Waals surface area contributed by atoms with E-state index in [9.17, 15) is 4.79 Å². The molecule has 0 radical (unpaired) electrons. The average Bonchev–Trinajstić information content (AvgIpc) is 2.14. The predicted octanol–water partition coefficient (Wildman–Crippen LogP) is 0.183. The zero-order chi connectivity index (χ0) is 6.85. The van der Waals surface area contributed by atoms with Crippen LogP contribution in [0.4, 0.5) is 0 Å². The molecule has 9 heavy (non-hydrogen) atoms. The largest absolute Gasteiger partial charge is 0.481 e. The van der Waals surface area contributed by atoms with Gasteiger partial charge in [-0.25, -0.2) is 0 Å². The number of rotatable bonds is 1. The Hall–Kier alpha value is -0.140. The minimum Gasteiger partial charge on any atom is -0.481 e. The Morgan fingerprint density at radius 1 is 1.78 bits per heavy atom. The van der Waals surface area contributed by atoms with Gasteiger partial charge in [-0.05, 0) is 6.42 Å². The molecule has 0 saturated carbocycles. The van der Waals surface area contributed by atoms with Crippen LogP contribution in [-0.2, 0) is 4.79 Å². The first-order valence-electron chi connectivity index (χ1n) is 2.92. The Morgan fingerprint density at radius 3 is 2.67 bits per heavy atom. The molecule has 1 saturated heterocycles. The summed E-state index contributed by atoms with van der Waals surface area (Å²) in [5, 5.41) is 8.50. The first kappa shape index (κ1) is 6.97. The number of nitrogens with zero attached hydrogens (tertiary/aromatic N) is 1. The topological polar surface area (TPSA) is 40.5 Å². The lowest BCUT2D eigenvalue weighted by atomic mass is 10.1. The smallest absolute Gasteiger partial charge is 0.307 e. The summed E-state index contributed by atoms with van der Waals surface area (Å²) >= 11 is 0. The van der Waals surface area contributed by atoms with E-state index in [1.54, 1.807) is 0 Å². The summed E-state index contributed by atoms with van der Waals surface area (Å²) in [6, 6.07) is 0. The van der Waals surface area contributed by atoms with Crippen molar-refractivity contribution in [2.75, 3.05) is 13.1 Å². The van der Waals surface area contributed by atoms with Gasteiger partial charge in [0.25, 0.3) is 0 Å². The van der Waals surface area contributed by atoms with Gasteiger partial charge in [-0.1, -0.05) is 9.39 Å². The molecule has 0 amide bonds. The standard InChI is InChI=1S/C5H10NO2P/c7-5(8)4-1-2-6(9)3-4/h4H,1-3,9H2,(H,7,8)/t4-/m0/s1. The van der Waals surface area contributed by atoms with Gasteiger partial charge >= 0.3 is 5.97 Å². The third kappa shape index (κ3) is 1.63. The summed E-state index contributed by atoms with van der Waals surface area (Å²) in [4.78, 5) is 10.3. The second kappa shape index (κ2) is 2.63. The van der Waals surface area contributed by atoms with Gasteiger partial charge in [0.05, 0.1) is 5.92 Å². The lowest BCUT2D eigenvalue weighted by molar-refractivity contribution is -0.141. The number of aliphatic carboxylic acids is 1. The lowest BCUT2D eigenvalue weighted by Crippen LogP contribution is -2.15. The van der Waals surface area contributed by atoms with E-state index in [1.165, 1.54) is 0 Å². The zero-order valence-electron chi connectivity index (χ0n) is 5.08. The van der Waals surface area contributed by atoms with Crippen molar-refractivity contribution in [3.05, 3.63) is 0 Å². The molecule has 1 N–H and O–H groups in total.